The number of hydrogen-bond acceptors (Lipinski definition) is 5. The van der Waals surface area contributed by atoms with Gasteiger partial charge in [0.15, 0.2) is 11.5 Å². The molecule has 5 rings (SSSR count). The molecular formula is C28H34N2O5. The summed E-state index contributed by atoms with van der Waals surface area (Å²) in [5, 5.41) is 3.25. The van der Waals surface area contributed by atoms with Crippen LogP contribution in [0.2, 0.25) is 0 Å². The summed E-state index contributed by atoms with van der Waals surface area (Å²) in [7, 11) is 0. The Morgan fingerprint density at radius 3 is 2.40 bits per heavy atom. The second kappa shape index (κ2) is 11.1. The Morgan fingerprint density at radius 2 is 1.66 bits per heavy atom. The molecule has 0 bridgehead atoms. The Balaban J connectivity index is 1.44. The van der Waals surface area contributed by atoms with E-state index in [1.807, 2.05) is 48.5 Å². The third-order valence-corrected chi connectivity index (χ3v) is 7.12. The van der Waals surface area contributed by atoms with E-state index in [4.69, 9.17) is 14.2 Å². The van der Waals surface area contributed by atoms with Crippen LogP contribution in [-0.4, -0.2) is 54.7 Å². The summed E-state index contributed by atoms with van der Waals surface area (Å²) in [6.45, 7) is 1.11. The minimum Gasteiger partial charge on any atom is -0.485 e. The van der Waals surface area contributed by atoms with Crippen molar-refractivity contribution >= 4 is 11.8 Å². The van der Waals surface area contributed by atoms with Crippen LogP contribution in [0.3, 0.4) is 0 Å². The van der Waals surface area contributed by atoms with Gasteiger partial charge in [-0.15, -0.1) is 0 Å². The van der Waals surface area contributed by atoms with E-state index >= 15 is 0 Å². The topological polar surface area (TPSA) is 77.1 Å². The number of hydrogen-bond donors (Lipinski definition) is 1. The molecule has 0 radical (unpaired) electrons. The van der Waals surface area contributed by atoms with E-state index in [0.29, 0.717) is 24.7 Å². The Hall–Kier alpha value is -3.06. The highest BCUT2D eigenvalue weighted by Gasteiger charge is 2.40. The average molecular weight is 479 g/mol. The summed E-state index contributed by atoms with van der Waals surface area (Å²) >= 11 is 0. The van der Waals surface area contributed by atoms with Crippen molar-refractivity contribution in [1.29, 1.82) is 0 Å². The van der Waals surface area contributed by atoms with Crippen molar-refractivity contribution < 1.29 is 23.8 Å². The molecule has 3 atom stereocenters. The lowest BCUT2D eigenvalue weighted by molar-refractivity contribution is -0.150. The molecule has 35 heavy (non-hydrogen) atoms. The van der Waals surface area contributed by atoms with Gasteiger partial charge >= 0.3 is 0 Å². The molecule has 0 aromatic heterocycles. The third kappa shape index (κ3) is 5.61. The van der Waals surface area contributed by atoms with Crippen molar-refractivity contribution in [2.24, 2.45) is 0 Å². The third-order valence-electron chi connectivity index (χ3n) is 7.12. The molecule has 2 fully saturated rings. The normalized spacial score (nSPS) is 22.9. The number of nitrogens with zero attached hydrogens (tertiary/aromatic N) is 1. The lowest BCUT2D eigenvalue weighted by Gasteiger charge is -2.37. The molecule has 1 saturated carbocycles. The first-order chi connectivity index (χ1) is 17.2. The van der Waals surface area contributed by atoms with Gasteiger partial charge in [0.2, 0.25) is 12.0 Å². The van der Waals surface area contributed by atoms with Crippen LogP contribution in [0.15, 0.2) is 54.6 Å². The van der Waals surface area contributed by atoms with Gasteiger partial charge < -0.3 is 24.4 Å². The minimum absolute atomic E-state index is 0.101. The van der Waals surface area contributed by atoms with Crippen LogP contribution in [0.5, 0.6) is 11.5 Å². The molecule has 2 aromatic carbocycles. The van der Waals surface area contributed by atoms with Gasteiger partial charge in [-0.2, -0.15) is 0 Å². The number of carbonyl (C=O) groups is 2. The van der Waals surface area contributed by atoms with E-state index in [9.17, 15) is 9.59 Å². The first-order valence-corrected chi connectivity index (χ1v) is 12.8. The molecule has 0 unspecified atom stereocenters. The van der Waals surface area contributed by atoms with E-state index < -0.39 is 12.1 Å². The largest absolute Gasteiger partial charge is 0.485 e. The fourth-order valence-electron chi connectivity index (χ4n) is 5.29. The van der Waals surface area contributed by atoms with Crippen LogP contribution in [0.1, 0.15) is 56.6 Å². The van der Waals surface area contributed by atoms with Crippen molar-refractivity contribution in [1.82, 2.24) is 10.2 Å². The van der Waals surface area contributed by atoms with Crippen molar-refractivity contribution in [2.45, 2.75) is 69.2 Å². The molecule has 2 amide bonds. The molecule has 1 aliphatic carbocycles. The molecular weight excluding hydrogens is 444 g/mol. The predicted molar refractivity (Wildman–Crippen MR) is 131 cm³/mol. The van der Waals surface area contributed by atoms with E-state index in [1.54, 1.807) is 11.0 Å². The van der Waals surface area contributed by atoms with Crippen molar-refractivity contribution in [2.75, 3.05) is 19.8 Å². The molecule has 2 aromatic rings. The van der Waals surface area contributed by atoms with Crippen LogP contribution in [0.25, 0.3) is 0 Å². The standard InChI is InChI=1S/C28H34N2O5/c31-27(29-21-12-5-2-6-13-21)26(20-10-3-1-4-11-20)30(18-22-14-9-17-33-22)28(32)25-19-34-23-15-7-8-16-24(23)35-25/h1,3-4,7-8,10-11,15-16,21-22,25-26H,2,5-6,9,12-14,17-19H2,(H,29,31)/t22-,25-,26+/m1/s1. The van der Waals surface area contributed by atoms with Gasteiger partial charge in [-0.1, -0.05) is 61.7 Å². The van der Waals surface area contributed by atoms with Crippen molar-refractivity contribution in [3.05, 3.63) is 60.2 Å². The highest BCUT2D eigenvalue weighted by molar-refractivity contribution is 5.91. The SMILES string of the molecule is O=C(NC1CCCCC1)[C@H](c1ccccc1)N(C[C@H]1CCCO1)C(=O)[C@H]1COc2ccccc2O1. The number of nitrogens with one attached hydrogen (secondary N) is 1. The molecule has 2 aliphatic heterocycles. The first kappa shape index (κ1) is 23.7. The molecule has 3 aliphatic rings. The maximum atomic E-state index is 14.0. The summed E-state index contributed by atoms with van der Waals surface area (Å²) < 4.78 is 17.8. The Bertz CT molecular complexity index is 1000. The Labute approximate surface area is 206 Å². The van der Waals surface area contributed by atoms with Crippen molar-refractivity contribution in [3.63, 3.8) is 0 Å². The molecule has 1 saturated heterocycles. The van der Waals surface area contributed by atoms with Crippen LogP contribution < -0.4 is 14.8 Å². The van der Waals surface area contributed by atoms with Gasteiger partial charge in [0.25, 0.3) is 5.91 Å². The van der Waals surface area contributed by atoms with Crippen LogP contribution in [-0.2, 0) is 14.3 Å². The fraction of sp³-hybridized carbons (Fsp3) is 0.500. The highest BCUT2D eigenvalue weighted by atomic mass is 16.6. The highest BCUT2D eigenvalue weighted by Crippen LogP contribution is 2.33. The minimum atomic E-state index is -0.833. The van der Waals surface area contributed by atoms with E-state index in [-0.39, 0.29) is 30.6 Å². The molecule has 7 heteroatoms. The lowest BCUT2D eigenvalue weighted by atomic mass is 9.94. The van der Waals surface area contributed by atoms with Crippen LogP contribution in [0.4, 0.5) is 0 Å². The number of fused-ring (bicyclic) bond motifs is 1. The average Bonchev–Trinajstić information content (AvgIpc) is 3.42. The molecule has 7 nitrogen and oxygen atoms in total. The summed E-state index contributed by atoms with van der Waals surface area (Å²) in [4.78, 5) is 29.4. The second-order valence-corrected chi connectivity index (χ2v) is 9.65. The summed E-state index contributed by atoms with van der Waals surface area (Å²) in [5.41, 5.74) is 0.782. The number of para-hydroxylation sites is 2. The van der Waals surface area contributed by atoms with E-state index in [1.165, 1.54) is 6.42 Å². The van der Waals surface area contributed by atoms with Gasteiger partial charge in [0.05, 0.1) is 6.10 Å². The Morgan fingerprint density at radius 1 is 0.914 bits per heavy atom. The second-order valence-electron chi connectivity index (χ2n) is 9.65. The smallest absolute Gasteiger partial charge is 0.268 e. The van der Waals surface area contributed by atoms with Gasteiger partial charge in [0, 0.05) is 19.2 Å². The van der Waals surface area contributed by atoms with Crippen molar-refractivity contribution in [3.8, 4) is 11.5 Å². The van der Waals surface area contributed by atoms with Gasteiger partial charge in [-0.3, -0.25) is 9.59 Å². The zero-order valence-electron chi connectivity index (χ0n) is 20.1. The first-order valence-electron chi connectivity index (χ1n) is 12.8. The molecule has 2 heterocycles. The van der Waals surface area contributed by atoms with E-state index in [2.05, 4.69) is 5.32 Å². The van der Waals surface area contributed by atoms with Gasteiger partial charge in [-0.25, -0.2) is 0 Å². The molecule has 186 valence electrons. The summed E-state index contributed by atoms with van der Waals surface area (Å²) in [6.07, 6.45) is 6.27. The maximum Gasteiger partial charge on any atom is 0.268 e. The summed E-state index contributed by atoms with van der Waals surface area (Å²) in [5.74, 6) is 0.753. The number of ether oxygens (including phenoxy) is 3. The zero-order chi connectivity index (χ0) is 24.0. The number of benzene rings is 2. The van der Waals surface area contributed by atoms with Crippen LogP contribution in [0, 0.1) is 0 Å². The quantitative estimate of drug-likeness (QED) is 0.650. The zero-order valence-corrected chi connectivity index (χ0v) is 20.1. The van der Waals surface area contributed by atoms with Gasteiger partial charge in [-0.05, 0) is 43.4 Å². The molecule has 0 spiro atoms. The number of amides is 2. The monoisotopic (exact) mass is 478 g/mol. The fourth-order valence-corrected chi connectivity index (χ4v) is 5.29. The number of carbonyl (C=O) groups excluding carboxylic acids is 2. The molecule has 1 N–H and O–H groups in total. The maximum absolute atomic E-state index is 14.0. The Kier molecular flexibility index (Phi) is 7.52. The summed E-state index contributed by atoms with van der Waals surface area (Å²) in [6, 6.07) is 16.3. The van der Waals surface area contributed by atoms with Crippen LogP contribution >= 0.6 is 0 Å². The van der Waals surface area contributed by atoms with E-state index in [0.717, 1.165) is 44.1 Å². The lowest BCUT2D eigenvalue weighted by Crippen LogP contribution is -2.54. The predicted octanol–water partition coefficient (Wildman–Crippen LogP) is 4.02. The van der Waals surface area contributed by atoms with Gasteiger partial charge in [0.1, 0.15) is 12.6 Å². The number of rotatable bonds is 7.